The molecule has 0 bridgehead atoms. The van der Waals surface area contributed by atoms with Crippen LogP contribution in [0.15, 0.2) is 57.6 Å². The van der Waals surface area contributed by atoms with Gasteiger partial charge in [0.25, 0.3) is 0 Å². The Morgan fingerprint density at radius 3 is 2.88 bits per heavy atom. The number of nitrogens with one attached hydrogen (secondary N) is 3. The van der Waals surface area contributed by atoms with E-state index in [4.69, 9.17) is 11.4 Å². The minimum absolute atomic E-state index is 0.453. The number of amidine groups is 1. The summed E-state index contributed by atoms with van der Waals surface area (Å²) in [6.07, 6.45) is 18.3. The van der Waals surface area contributed by atoms with E-state index in [-0.39, 0.29) is 0 Å². The normalized spacial score (nSPS) is 28.7. The van der Waals surface area contributed by atoms with Crippen molar-refractivity contribution >= 4 is 11.5 Å². The zero-order valence-electron chi connectivity index (χ0n) is 20.2. The van der Waals surface area contributed by atoms with Gasteiger partial charge < -0.3 is 25.8 Å². The molecule has 0 aliphatic carbocycles. The van der Waals surface area contributed by atoms with Crippen LogP contribution in [0.5, 0.6) is 0 Å². The third kappa shape index (κ3) is 5.58. The van der Waals surface area contributed by atoms with Gasteiger partial charge in [-0.05, 0) is 71.0 Å². The minimum atomic E-state index is -0.453. The lowest BCUT2D eigenvalue weighted by Crippen LogP contribution is -2.55. The second-order valence-electron chi connectivity index (χ2n) is 9.55. The molecule has 7 nitrogen and oxygen atoms in total. The summed E-state index contributed by atoms with van der Waals surface area (Å²) in [6.45, 7) is 11.5. The molecule has 3 N–H and O–H groups in total. The van der Waals surface area contributed by atoms with E-state index in [9.17, 15) is 0 Å². The largest absolute Gasteiger partial charge is 0.376 e. The van der Waals surface area contributed by atoms with E-state index in [0.29, 0.717) is 5.92 Å². The lowest BCUT2D eigenvalue weighted by atomic mass is 9.88. The highest BCUT2D eigenvalue weighted by atomic mass is 15.2. The van der Waals surface area contributed by atoms with Gasteiger partial charge >= 0.3 is 0 Å². The number of likely N-dealkylation sites (N-methyl/N-ethyl adjacent to an activating group) is 1. The number of piperazine rings is 1. The van der Waals surface area contributed by atoms with Crippen LogP contribution < -0.4 is 16.0 Å². The van der Waals surface area contributed by atoms with Crippen molar-refractivity contribution < 1.29 is 0 Å². The number of aliphatic imine (C=N–C) groups is 2. The molecule has 4 heterocycles. The molecular formula is C26H37N7. The zero-order valence-corrected chi connectivity index (χ0v) is 20.2. The number of fused-ring (bicyclic) bond motifs is 1. The van der Waals surface area contributed by atoms with Crippen molar-refractivity contribution in [2.45, 2.75) is 32.2 Å². The summed E-state index contributed by atoms with van der Waals surface area (Å²) < 4.78 is 0. The van der Waals surface area contributed by atoms with Crippen molar-refractivity contribution in [1.82, 2.24) is 25.8 Å². The SMILES string of the molecule is C#C/C(=C\C=C(/C)N1CCN(C)CC1)C1=CC2(C)NC=CN=C2C(NC[C@@H]2CCCNC2)=N1. The molecule has 0 aromatic heterocycles. The standard InChI is InChI=1S/C26H37N7/c1-5-22(9-8-20(2)33-15-13-32(4)14-16-33)23-17-26(3)24(28-11-12-30-26)25(31-23)29-19-21-7-6-10-27-18-21/h1,8-9,11-12,17,21,27,30H,6-7,10,13-16,18-19H2,2-4H3,(H,29,31)/b20-8+,22-9+/t21-,26?/m1/s1. The summed E-state index contributed by atoms with van der Waals surface area (Å²) in [6, 6.07) is 0. The summed E-state index contributed by atoms with van der Waals surface area (Å²) in [5, 5.41) is 10.5. The van der Waals surface area contributed by atoms with Gasteiger partial charge in [-0.2, -0.15) is 0 Å². The fraction of sp³-hybridized carbons (Fsp3) is 0.538. The van der Waals surface area contributed by atoms with E-state index in [1.165, 1.54) is 18.5 Å². The van der Waals surface area contributed by atoms with E-state index in [1.807, 2.05) is 12.3 Å². The van der Waals surface area contributed by atoms with Gasteiger partial charge in [-0.3, -0.25) is 4.99 Å². The van der Waals surface area contributed by atoms with Gasteiger partial charge in [0.15, 0.2) is 5.84 Å². The highest BCUT2D eigenvalue weighted by molar-refractivity contribution is 6.46. The monoisotopic (exact) mass is 447 g/mol. The van der Waals surface area contributed by atoms with Gasteiger partial charge in [0.05, 0.1) is 5.70 Å². The first kappa shape index (κ1) is 23.3. The molecule has 4 rings (SSSR count). The molecule has 176 valence electrons. The second kappa shape index (κ2) is 10.4. The first-order valence-corrected chi connectivity index (χ1v) is 12.0. The molecule has 0 spiro atoms. The van der Waals surface area contributed by atoms with Crippen LogP contribution in [-0.4, -0.2) is 79.7 Å². The molecule has 7 heteroatoms. The van der Waals surface area contributed by atoms with Gasteiger partial charge in [-0.25, -0.2) is 4.99 Å². The Kier molecular flexibility index (Phi) is 7.36. The molecule has 33 heavy (non-hydrogen) atoms. The summed E-state index contributed by atoms with van der Waals surface area (Å²) in [5.41, 5.74) is 3.25. The van der Waals surface area contributed by atoms with Crippen LogP contribution in [0.2, 0.25) is 0 Å². The van der Waals surface area contributed by atoms with E-state index >= 15 is 0 Å². The molecular weight excluding hydrogens is 410 g/mol. The Labute approximate surface area is 198 Å². The summed E-state index contributed by atoms with van der Waals surface area (Å²) in [7, 11) is 2.17. The molecule has 0 aromatic carbocycles. The molecule has 0 amide bonds. The van der Waals surface area contributed by atoms with Crippen LogP contribution in [0.1, 0.15) is 26.7 Å². The van der Waals surface area contributed by atoms with Crippen LogP contribution in [0.3, 0.4) is 0 Å². The summed E-state index contributed by atoms with van der Waals surface area (Å²) >= 11 is 0. The number of nitrogens with zero attached hydrogens (tertiary/aromatic N) is 4. The average molecular weight is 448 g/mol. The Hall–Kier alpha value is -2.82. The fourth-order valence-corrected chi connectivity index (χ4v) is 4.70. The van der Waals surface area contributed by atoms with Gasteiger partial charge in [-0.15, -0.1) is 6.42 Å². The van der Waals surface area contributed by atoms with Crippen LogP contribution in [0, 0.1) is 18.3 Å². The van der Waals surface area contributed by atoms with Gasteiger partial charge in [-0.1, -0.05) is 5.92 Å². The van der Waals surface area contributed by atoms with Gasteiger partial charge in [0.2, 0.25) is 0 Å². The number of allylic oxidation sites excluding steroid dienone is 4. The van der Waals surface area contributed by atoms with E-state index < -0.39 is 5.54 Å². The Morgan fingerprint density at radius 2 is 2.15 bits per heavy atom. The van der Waals surface area contributed by atoms with Crippen molar-refractivity contribution in [2.75, 3.05) is 52.9 Å². The highest BCUT2D eigenvalue weighted by Crippen LogP contribution is 2.26. The molecule has 4 aliphatic heterocycles. The number of hydrogen-bond donors (Lipinski definition) is 3. The van der Waals surface area contributed by atoms with Crippen LogP contribution in [0.4, 0.5) is 0 Å². The number of hydrogen-bond acceptors (Lipinski definition) is 7. The molecule has 1 unspecified atom stereocenters. The van der Waals surface area contributed by atoms with Crippen molar-refractivity contribution in [2.24, 2.45) is 15.9 Å². The Balaban J connectivity index is 1.56. The van der Waals surface area contributed by atoms with E-state index in [1.54, 1.807) is 6.20 Å². The van der Waals surface area contributed by atoms with E-state index in [2.05, 4.69) is 69.7 Å². The van der Waals surface area contributed by atoms with E-state index in [0.717, 1.165) is 68.6 Å². The highest BCUT2D eigenvalue weighted by Gasteiger charge is 2.36. The van der Waals surface area contributed by atoms with Gasteiger partial charge in [0.1, 0.15) is 11.3 Å². The number of rotatable bonds is 5. The zero-order chi connectivity index (χ0) is 23.3. The van der Waals surface area contributed by atoms with Crippen molar-refractivity contribution in [3.05, 3.63) is 47.6 Å². The predicted octanol–water partition coefficient (Wildman–Crippen LogP) is 1.86. The first-order valence-electron chi connectivity index (χ1n) is 12.0. The van der Waals surface area contributed by atoms with Crippen molar-refractivity contribution in [1.29, 1.82) is 0 Å². The third-order valence-corrected chi connectivity index (χ3v) is 6.92. The minimum Gasteiger partial charge on any atom is -0.376 e. The fourth-order valence-electron chi connectivity index (χ4n) is 4.70. The van der Waals surface area contributed by atoms with Gasteiger partial charge in [0, 0.05) is 56.4 Å². The molecule has 2 fully saturated rings. The second-order valence-corrected chi connectivity index (χ2v) is 9.55. The van der Waals surface area contributed by atoms with Crippen LogP contribution in [0.25, 0.3) is 0 Å². The van der Waals surface area contributed by atoms with Crippen LogP contribution >= 0.6 is 0 Å². The lowest BCUT2D eigenvalue weighted by Gasteiger charge is -2.35. The predicted molar refractivity (Wildman–Crippen MR) is 137 cm³/mol. The first-order chi connectivity index (χ1) is 16.0. The average Bonchev–Trinajstić information content (AvgIpc) is 2.83. The molecule has 4 aliphatic rings. The Morgan fingerprint density at radius 1 is 1.33 bits per heavy atom. The molecule has 0 radical (unpaired) electrons. The molecule has 2 atom stereocenters. The topological polar surface area (TPSA) is 67.3 Å². The molecule has 0 aromatic rings. The van der Waals surface area contributed by atoms with Crippen molar-refractivity contribution in [3.63, 3.8) is 0 Å². The maximum atomic E-state index is 5.96. The smallest absolute Gasteiger partial charge is 0.151 e. The molecule has 0 saturated carbocycles. The number of terminal acetylenes is 1. The van der Waals surface area contributed by atoms with Crippen LogP contribution in [-0.2, 0) is 0 Å². The summed E-state index contributed by atoms with van der Waals surface area (Å²) in [5.74, 6) is 4.26. The summed E-state index contributed by atoms with van der Waals surface area (Å²) in [4.78, 5) is 14.4. The maximum Gasteiger partial charge on any atom is 0.151 e. The molecule has 2 saturated heterocycles. The maximum absolute atomic E-state index is 5.96. The number of piperidine rings is 1. The van der Waals surface area contributed by atoms with Crippen molar-refractivity contribution in [3.8, 4) is 12.3 Å². The lowest BCUT2D eigenvalue weighted by molar-refractivity contribution is 0.186. The Bertz CT molecular complexity index is 948. The third-order valence-electron chi connectivity index (χ3n) is 6.92. The quantitative estimate of drug-likeness (QED) is 0.443.